The number of hydrogen-bond donors (Lipinski definition) is 2. The van der Waals surface area contributed by atoms with E-state index in [4.69, 9.17) is 19.5 Å². The van der Waals surface area contributed by atoms with Crippen LogP contribution in [0.3, 0.4) is 0 Å². The number of aryl methyl sites for hydroxylation is 1. The molecule has 0 aliphatic heterocycles. The lowest BCUT2D eigenvalue weighted by Gasteiger charge is -2.19. The fourth-order valence-corrected chi connectivity index (χ4v) is 3.28. The zero-order valence-electron chi connectivity index (χ0n) is 18.4. The summed E-state index contributed by atoms with van der Waals surface area (Å²) in [6.45, 7) is 5.31. The standard InChI is InChI=1S/C24H30N4O4/c1-2-24-25-10-12-28(24)19-21-18-23(32-26-21)9-6-20-4-7-22(8-5-20)31-17-3-11-27(13-15-29)14-16-30/h4-5,7-8,10,12,18,29-30H,2-3,11,13-17,19H2,1H3. The van der Waals surface area contributed by atoms with Crippen molar-refractivity contribution >= 4 is 0 Å². The van der Waals surface area contributed by atoms with Crippen LogP contribution in [0.2, 0.25) is 0 Å². The summed E-state index contributed by atoms with van der Waals surface area (Å²) in [6.07, 6.45) is 5.40. The molecule has 32 heavy (non-hydrogen) atoms. The van der Waals surface area contributed by atoms with Gasteiger partial charge in [-0.15, -0.1) is 0 Å². The molecule has 0 saturated carbocycles. The van der Waals surface area contributed by atoms with Crippen LogP contribution in [0.15, 0.2) is 47.2 Å². The van der Waals surface area contributed by atoms with Crippen LogP contribution in [0.25, 0.3) is 0 Å². The van der Waals surface area contributed by atoms with Gasteiger partial charge in [0.05, 0.1) is 26.4 Å². The number of aliphatic hydroxyl groups is 2. The number of rotatable bonds is 12. The van der Waals surface area contributed by atoms with Crippen LogP contribution in [0.4, 0.5) is 0 Å². The van der Waals surface area contributed by atoms with Crippen LogP contribution < -0.4 is 4.74 Å². The average molecular weight is 439 g/mol. The van der Waals surface area contributed by atoms with E-state index in [1.807, 2.05) is 46.0 Å². The number of aliphatic hydroxyl groups excluding tert-OH is 2. The molecule has 0 amide bonds. The van der Waals surface area contributed by atoms with Crippen molar-refractivity contribution in [3.63, 3.8) is 0 Å². The van der Waals surface area contributed by atoms with Gasteiger partial charge >= 0.3 is 0 Å². The van der Waals surface area contributed by atoms with Gasteiger partial charge in [0.2, 0.25) is 5.76 Å². The van der Waals surface area contributed by atoms with Crippen LogP contribution in [0.1, 0.15) is 36.2 Å². The molecule has 0 fully saturated rings. The quantitative estimate of drug-likeness (QED) is 0.329. The van der Waals surface area contributed by atoms with Crippen molar-refractivity contribution in [2.75, 3.05) is 39.5 Å². The molecule has 1 aromatic carbocycles. The third-order valence-corrected chi connectivity index (χ3v) is 4.91. The van der Waals surface area contributed by atoms with Gasteiger partial charge in [0, 0.05) is 50.1 Å². The molecular weight excluding hydrogens is 408 g/mol. The first-order valence-electron chi connectivity index (χ1n) is 10.9. The van der Waals surface area contributed by atoms with Crippen LogP contribution in [0, 0.1) is 11.8 Å². The van der Waals surface area contributed by atoms with Crippen molar-refractivity contribution in [3.05, 3.63) is 65.6 Å². The number of ether oxygens (including phenoxy) is 1. The summed E-state index contributed by atoms with van der Waals surface area (Å²) in [7, 11) is 0. The predicted molar refractivity (Wildman–Crippen MR) is 120 cm³/mol. The second-order valence-electron chi connectivity index (χ2n) is 7.27. The topological polar surface area (TPSA) is 96.8 Å². The molecule has 0 bridgehead atoms. The van der Waals surface area contributed by atoms with E-state index in [0.717, 1.165) is 42.2 Å². The van der Waals surface area contributed by atoms with E-state index in [1.54, 1.807) is 6.20 Å². The molecule has 2 N–H and O–H groups in total. The maximum Gasteiger partial charge on any atom is 0.210 e. The second kappa shape index (κ2) is 12.7. The van der Waals surface area contributed by atoms with E-state index in [0.29, 0.717) is 32.0 Å². The minimum Gasteiger partial charge on any atom is -0.494 e. The Labute approximate surface area is 188 Å². The molecule has 0 aliphatic rings. The number of imidazole rings is 1. The van der Waals surface area contributed by atoms with Gasteiger partial charge in [0.15, 0.2) is 0 Å². The lowest BCUT2D eigenvalue weighted by molar-refractivity contribution is 0.153. The Morgan fingerprint density at radius 3 is 2.59 bits per heavy atom. The van der Waals surface area contributed by atoms with E-state index in [-0.39, 0.29) is 13.2 Å². The van der Waals surface area contributed by atoms with Crippen LogP contribution in [-0.2, 0) is 13.0 Å². The zero-order valence-corrected chi connectivity index (χ0v) is 18.4. The maximum atomic E-state index is 9.03. The van der Waals surface area contributed by atoms with Gasteiger partial charge in [-0.3, -0.25) is 4.90 Å². The summed E-state index contributed by atoms with van der Waals surface area (Å²) in [5, 5.41) is 22.2. The Balaban J connectivity index is 1.47. The van der Waals surface area contributed by atoms with Crippen LogP contribution in [-0.4, -0.2) is 69.3 Å². The Bertz CT molecular complexity index is 995. The number of benzene rings is 1. The van der Waals surface area contributed by atoms with E-state index >= 15 is 0 Å². The molecule has 3 aromatic rings. The molecule has 0 aliphatic carbocycles. The largest absolute Gasteiger partial charge is 0.494 e. The molecule has 8 nitrogen and oxygen atoms in total. The molecular formula is C24H30N4O4. The highest BCUT2D eigenvalue weighted by Crippen LogP contribution is 2.13. The molecule has 0 unspecified atom stereocenters. The molecule has 0 atom stereocenters. The maximum absolute atomic E-state index is 9.03. The first-order valence-corrected chi connectivity index (χ1v) is 10.9. The number of nitrogens with zero attached hydrogens (tertiary/aromatic N) is 4. The highest BCUT2D eigenvalue weighted by Gasteiger charge is 2.06. The van der Waals surface area contributed by atoms with E-state index in [2.05, 4.69) is 28.9 Å². The van der Waals surface area contributed by atoms with Gasteiger partial charge in [0.25, 0.3) is 0 Å². The summed E-state index contributed by atoms with van der Waals surface area (Å²) in [5.41, 5.74) is 1.66. The second-order valence-corrected chi connectivity index (χ2v) is 7.27. The molecule has 0 saturated heterocycles. The van der Waals surface area contributed by atoms with Crippen molar-refractivity contribution in [1.82, 2.24) is 19.6 Å². The number of hydrogen-bond acceptors (Lipinski definition) is 7. The molecule has 170 valence electrons. The third-order valence-electron chi connectivity index (χ3n) is 4.91. The monoisotopic (exact) mass is 438 g/mol. The predicted octanol–water partition coefficient (Wildman–Crippen LogP) is 1.94. The molecule has 2 aromatic heterocycles. The van der Waals surface area contributed by atoms with Gasteiger partial charge < -0.3 is 24.0 Å². The van der Waals surface area contributed by atoms with Crippen molar-refractivity contribution < 1.29 is 19.5 Å². The molecule has 2 heterocycles. The van der Waals surface area contributed by atoms with Crippen molar-refractivity contribution in [2.45, 2.75) is 26.3 Å². The van der Waals surface area contributed by atoms with Gasteiger partial charge in [-0.05, 0) is 36.6 Å². The smallest absolute Gasteiger partial charge is 0.210 e. The van der Waals surface area contributed by atoms with Crippen molar-refractivity contribution in [2.24, 2.45) is 0 Å². The first-order chi connectivity index (χ1) is 15.7. The van der Waals surface area contributed by atoms with Crippen LogP contribution >= 0.6 is 0 Å². The van der Waals surface area contributed by atoms with Crippen LogP contribution in [0.5, 0.6) is 5.75 Å². The Morgan fingerprint density at radius 1 is 1.09 bits per heavy atom. The normalized spacial score (nSPS) is 10.9. The van der Waals surface area contributed by atoms with Crippen molar-refractivity contribution in [1.29, 1.82) is 0 Å². The SMILES string of the molecule is CCc1nccn1Cc1cc(C#Cc2ccc(OCCCN(CCO)CCO)cc2)on1. The van der Waals surface area contributed by atoms with Gasteiger partial charge in [-0.25, -0.2) is 4.98 Å². The zero-order chi connectivity index (χ0) is 22.6. The highest BCUT2D eigenvalue weighted by atomic mass is 16.5. The molecule has 8 heteroatoms. The van der Waals surface area contributed by atoms with E-state index in [1.165, 1.54) is 0 Å². The van der Waals surface area contributed by atoms with E-state index < -0.39 is 0 Å². The summed E-state index contributed by atoms with van der Waals surface area (Å²) >= 11 is 0. The highest BCUT2D eigenvalue weighted by molar-refractivity contribution is 5.41. The summed E-state index contributed by atoms with van der Waals surface area (Å²) in [6, 6.07) is 9.44. The summed E-state index contributed by atoms with van der Waals surface area (Å²) < 4.78 is 13.1. The Morgan fingerprint density at radius 2 is 1.88 bits per heavy atom. The summed E-state index contributed by atoms with van der Waals surface area (Å²) in [4.78, 5) is 6.32. The lowest BCUT2D eigenvalue weighted by atomic mass is 10.2. The number of aromatic nitrogens is 3. The fourth-order valence-electron chi connectivity index (χ4n) is 3.28. The molecule has 0 radical (unpaired) electrons. The minimum absolute atomic E-state index is 0.0864. The Hall–Kier alpha value is -3.12. The lowest BCUT2D eigenvalue weighted by Crippen LogP contribution is -2.31. The first kappa shape index (κ1) is 23.5. The fraction of sp³-hybridized carbons (Fsp3) is 0.417. The molecule has 3 rings (SSSR count). The van der Waals surface area contributed by atoms with Gasteiger partial charge in [0.1, 0.15) is 17.3 Å². The summed E-state index contributed by atoms with van der Waals surface area (Å²) in [5.74, 6) is 8.40. The van der Waals surface area contributed by atoms with Gasteiger partial charge in [-0.1, -0.05) is 18.0 Å². The minimum atomic E-state index is 0.0864. The third kappa shape index (κ3) is 7.24. The average Bonchev–Trinajstić information content (AvgIpc) is 3.45. The molecule has 0 spiro atoms. The Kier molecular flexibility index (Phi) is 9.32. The van der Waals surface area contributed by atoms with Crippen molar-refractivity contribution in [3.8, 4) is 17.6 Å². The van der Waals surface area contributed by atoms with E-state index in [9.17, 15) is 0 Å². The van der Waals surface area contributed by atoms with Gasteiger partial charge in [-0.2, -0.15) is 0 Å².